The number of nitrogen functional groups attached to an aromatic ring is 1. The second kappa shape index (κ2) is 6.23. The molecular weight excluding hydrogens is 294 g/mol. The zero-order chi connectivity index (χ0) is 15.4. The number of nitrogens with zero attached hydrogens (tertiary/aromatic N) is 1. The summed E-state index contributed by atoms with van der Waals surface area (Å²) in [5.41, 5.74) is 6.40. The van der Waals surface area contributed by atoms with Crippen LogP contribution < -0.4 is 11.1 Å². The van der Waals surface area contributed by atoms with Gasteiger partial charge >= 0.3 is 0 Å². The number of carbonyl (C=O) groups excluding carboxylic acids is 1. The van der Waals surface area contributed by atoms with Crippen LogP contribution >= 0.6 is 11.6 Å². The van der Waals surface area contributed by atoms with Crippen molar-refractivity contribution >= 4 is 28.9 Å². The molecule has 2 rings (SSSR count). The molecule has 0 aliphatic rings. The maximum Gasteiger partial charge on any atom is 0.292 e. The minimum Gasteiger partial charge on any atom is -0.393 e. The first kappa shape index (κ1) is 14.8. The van der Waals surface area contributed by atoms with Crippen molar-refractivity contribution in [1.29, 1.82) is 0 Å². The number of hydrogen-bond donors (Lipinski definition) is 2. The summed E-state index contributed by atoms with van der Waals surface area (Å²) in [7, 11) is 0. The molecule has 0 fully saturated rings. The maximum absolute atomic E-state index is 12.0. The Morgan fingerprint density at radius 1 is 1.29 bits per heavy atom. The van der Waals surface area contributed by atoms with Crippen molar-refractivity contribution in [3.63, 3.8) is 0 Å². The molecule has 0 aliphatic carbocycles. The van der Waals surface area contributed by atoms with Gasteiger partial charge in [-0.2, -0.15) is 0 Å². The molecule has 0 aromatic heterocycles. The Labute approximate surface area is 125 Å². The smallest absolute Gasteiger partial charge is 0.292 e. The Morgan fingerprint density at radius 3 is 2.67 bits per heavy atom. The molecule has 0 spiro atoms. The molecule has 0 heterocycles. The van der Waals surface area contributed by atoms with Gasteiger partial charge in [-0.25, -0.2) is 0 Å². The van der Waals surface area contributed by atoms with Crippen molar-refractivity contribution < 1.29 is 9.72 Å². The second-order valence-electron chi connectivity index (χ2n) is 4.34. The van der Waals surface area contributed by atoms with Gasteiger partial charge in [-0.3, -0.25) is 14.9 Å². The Balaban J connectivity index is 2.07. The summed E-state index contributed by atoms with van der Waals surface area (Å²) in [6.07, 6.45) is 0. The fourth-order valence-corrected chi connectivity index (χ4v) is 2.01. The summed E-state index contributed by atoms with van der Waals surface area (Å²) >= 11 is 5.85. The fraction of sp³-hybridized carbons (Fsp3) is 0.0714. The molecule has 108 valence electrons. The molecule has 0 bridgehead atoms. The van der Waals surface area contributed by atoms with Gasteiger partial charge in [-0.05, 0) is 29.8 Å². The Morgan fingerprint density at radius 2 is 2.05 bits per heavy atom. The van der Waals surface area contributed by atoms with E-state index in [4.69, 9.17) is 17.3 Å². The molecule has 0 atom stereocenters. The van der Waals surface area contributed by atoms with E-state index < -0.39 is 4.92 Å². The van der Waals surface area contributed by atoms with Crippen LogP contribution in [0.25, 0.3) is 0 Å². The normalized spacial score (nSPS) is 10.1. The van der Waals surface area contributed by atoms with Crippen LogP contribution in [0.1, 0.15) is 15.9 Å². The zero-order valence-corrected chi connectivity index (χ0v) is 11.6. The highest BCUT2D eigenvalue weighted by Crippen LogP contribution is 2.22. The number of nitrogens with one attached hydrogen (secondary N) is 1. The third-order valence-corrected chi connectivity index (χ3v) is 3.06. The lowest BCUT2D eigenvalue weighted by Gasteiger charge is -2.06. The van der Waals surface area contributed by atoms with Gasteiger partial charge in [0.2, 0.25) is 0 Å². The number of nitro groups is 1. The van der Waals surface area contributed by atoms with Gasteiger partial charge in [0, 0.05) is 23.2 Å². The van der Waals surface area contributed by atoms with E-state index in [0.717, 1.165) is 5.56 Å². The maximum atomic E-state index is 12.0. The third-order valence-electron chi connectivity index (χ3n) is 2.83. The molecule has 3 N–H and O–H groups in total. The van der Waals surface area contributed by atoms with E-state index in [0.29, 0.717) is 11.6 Å². The van der Waals surface area contributed by atoms with E-state index in [1.54, 1.807) is 18.2 Å². The summed E-state index contributed by atoms with van der Waals surface area (Å²) in [6, 6.07) is 11.0. The Kier molecular flexibility index (Phi) is 4.39. The van der Waals surface area contributed by atoms with Crippen molar-refractivity contribution in [2.75, 3.05) is 5.73 Å². The first-order valence-electron chi connectivity index (χ1n) is 6.04. The minimum absolute atomic E-state index is 0.0459. The number of benzene rings is 2. The van der Waals surface area contributed by atoms with Crippen molar-refractivity contribution in [1.82, 2.24) is 5.32 Å². The number of amides is 1. The van der Waals surface area contributed by atoms with Crippen LogP contribution in [0.5, 0.6) is 0 Å². The molecule has 0 radical (unpaired) electrons. The standard InChI is InChI=1S/C14H12ClN3O3/c15-11-3-1-2-9(6-11)8-17-14(19)10-4-5-13(18(20)21)12(16)7-10/h1-7H,8,16H2,(H,17,19). The van der Waals surface area contributed by atoms with Crippen LogP contribution in [0.3, 0.4) is 0 Å². The fourth-order valence-electron chi connectivity index (χ4n) is 1.79. The first-order chi connectivity index (χ1) is 9.97. The number of rotatable bonds is 4. The Hall–Kier alpha value is -2.60. The Bertz CT molecular complexity index is 704. The van der Waals surface area contributed by atoms with E-state index in [2.05, 4.69) is 5.32 Å². The molecule has 2 aromatic rings. The van der Waals surface area contributed by atoms with E-state index in [9.17, 15) is 14.9 Å². The number of nitro benzene ring substituents is 1. The minimum atomic E-state index is -0.594. The quantitative estimate of drug-likeness (QED) is 0.515. The predicted molar refractivity (Wildman–Crippen MR) is 80.1 cm³/mol. The van der Waals surface area contributed by atoms with Gasteiger partial charge in [0.25, 0.3) is 11.6 Å². The summed E-state index contributed by atoms with van der Waals surface area (Å²) in [4.78, 5) is 22.0. The average Bonchev–Trinajstić information content (AvgIpc) is 2.44. The van der Waals surface area contributed by atoms with E-state index in [1.807, 2.05) is 6.07 Å². The van der Waals surface area contributed by atoms with Gasteiger partial charge in [0.15, 0.2) is 0 Å². The number of halogens is 1. The van der Waals surface area contributed by atoms with Crippen LogP contribution in [0.2, 0.25) is 5.02 Å². The molecule has 0 unspecified atom stereocenters. The first-order valence-corrected chi connectivity index (χ1v) is 6.42. The number of hydrogen-bond acceptors (Lipinski definition) is 4. The van der Waals surface area contributed by atoms with E-state index in [-0.39, 0.29) is 22.8 Å². The number of carbonyl (C=O) groups is 1. The lowest BCUT2D eigenvalue weighted by Crippen LogP contribution is -2.22. The van der Waals surface area contributed by atoms with Crippen molar-refractivity contribution in [2.45, 2.75) is 6.54 Å². The van der Waals surface area contributed by atoms with Gasteiger partial charge in [0.1, 0.15) is 5.69 Å². The zero-order valence-electron chi connectivity index (χ0n) is 10.9. The SMILES string of the molecule is Nc1cc(C(=O)NCc2cccc(Cl)c2)ccc1[N+](=O)[O-]. The summed E-state index contributed by atoms with van der Waals surface area (Å²) < 4.78 is 0. The summed E-state index contributed by atoms with van der Waals surface area (Å²) in [5.74, 6) is -0.364. The van der Waals surface area contributed by atoms with E-state index in [1.165, 1.54) is 18.2 Å². The van der Waals surface area contributed by atoms with Crippen molar-refractivity contribution in [2.24, 2.45) is 0 Å². The monoisotopic (exact) mass is 305 g/mol. The van der Waals surface area contributed by atoms with Gasteiger partial charge in [-0.15, -0.1) is 0 Å². The van der Waals surface area contributed by atoms with Crippen molar-refractivity contribution in [3.8, 4) is 0 Å². The van der Waals surface area contributed by atoms with Crippen molar-refractivity contribution in [3.05, 3.63) is 68.7 Å². The van der Waals surface area contributed by atoms with Gasteiger partial charge < -0.3 is 11.1 Å². The highest BCUT2D eigenvalue weighted by molar-refractivity contribution is 6.30. The third kappa shape index (κ3) is 3.70. The average molecular weight is 306 g/mol. The molecular formula is C14H12ClN3O3. The van der Waals surface area contributed by atoms with Crippen LogP contribution in [-0.4, -0.2) is 10.8 Å². The lowest BCUT2D eigenvalue weighted by atomic mass is 10.1. The van der Waals surface area contributed by atoms with Crippen LogP contribution in [0.4, 0.5) is 11.4 Å². The molecule has 6 nitrogen and oxygen atoms in total. The van der Waals surface area contributed by atoms with E-state index >= 15 is 0 Å². The lowest BCUT2D eigenvalue weighted by molar-refractivity contribution is -0.383. The summed E-state index contributed by atoms with van der Waals surface area (Å²) in [5, 5.41) is 13.9. The number of anilines is 1. The topological polar surface area (TPSA) is 98.3 Å². The molecule has 1 amide bonds. The highest BCUT2D eigenvalue weighted by atomic mass is 35.5. The largest absolute Gasteiger partial charge is 0.393 e. The molecule has 2 aromatic carbocycles. The second-order valence-corrected chi connectivity index (χ2v) is 4.78. The highest BCUT2D eigenvalue weighted by Gasteiger charge is 2.14. The molecule has 21 heavy (non-hydrogen) atoms. The molecule has 7 heteroatoms. The molecule has 0 saturated carbocycles. The van der Waals surface area contributed by atoms with Gasteiger partial charge in [0.05, 0.1) is 4.92 Å². The molecule has 0 saturated heterocycles. The number of nitrogens with two attached hydrogens (primary N) is 1. The van der Waals surface area contributed by atoms with Gasteiger partial charge in [-0.1, -0.05) is 23.7 Å². The molecule has 0 aliphatic heterocycles. The van der Waals surface area contributed by atoms with Crippen LogP contribution in [0.15, 0.2) is 42.5 Å². The van der Waals surface area contributed by atoms with Crippen LogP contribution in [-0.2, 0) is 6.54 Å². The predicted octanol–water partition coefficient (Wildman–Crippen LogP) is 2.76. The van der Waals surface area contributed by atoms with Crippen LogP contribution in [0, 0.1) is 10.1 Å². The summed E-state index contributed by atoms with van der Waals surface area (Å²) in [6.45, 7) is 0.302.